The molecule has 0 radical (unpaired) electrons. The van der Waals surface area contributed by atoms with E-state index >= 15 is 0 Å². The molecule has 3 nitrogen and oxygen atoms in total. The van der Waals surface area contributed by atoms with E-state index in [4.69, 9.17) is 0 Å². The summed E-state index contributed by atoms with van der Waals surface area (Å²) in [4.78, 5) is 16.1. The third-order valence-electron chi connectivity index (χ3n) is 3.14. The van der Waals surface area contributed by atoms with Crippen LogP contribution in [0.15, 0.2) is 18.3 Å². The van der Waals surface area contributed by atoms with E-state index in [1.807, 2.05) is 19.1 Å². The molecule has 0 aliphatic heterocycles. The van der Waals surface area contributed by atoms with Crippen molar-refractivity contribution in [2.45, 2.75) is 39.0 Å². The van der Waals surface area contributed by atoms with Gasteiger partial charge in [-0.3, -0.25) is 4.79 Å². The summed E-state index contributed by atoms with van der Waals surface area (Å²) in [6.07, 6.45) is 7.46. The van der Waals surface area contributed by atoms with Gasteiger partial charge < -0.3 is 5.32 Å². The van der Waals surface area contributed by atoms with Gasteiger partial charge in [0.15, 0.2) is 0 Å². The number of anilines is 1. The van der Waals surface area contributed by atoms with Crippen molar-refractivity contribution in [3.8, 4) is 0 Å². The first-order chi connectivity index (χ1) is 7.75. The van der Waals surface area contributed by atoms with Crippen LogP contribution in [-0.2, 0) is 4.79 Å². The van der Waals surface area contributed by atoms with Gasteiger partial charge >= 0.3 is 0 Å². The number of carbonyl (C=O) groups excluding carboxylic acids is 1. The molecule has 0 atom stereocenters. The predicted octanol–water partition coefficient (Wildman–Crippen LogP) is 2.91. The largest absolute Gasteiger partial charge is 0.310 e. The van der Waals surface area contributed by atoms with Crippen LogP contribution in [0.3, 0.4) is 0 Å². The molecule has 3 heteroatoms. The SMILES string of the molecule is Cc1ccc(NC(=O)C2CCCCC2)nc1. The van der Waals surface area contributed by atoms with Crippen molar-refractivity contribution in [1.82, 2.24) is 4.98 Å². The second kappa shape index (κ2) is 5.10. The number of hydrogen-bond donors (Lipinski definition) is 1. The Bertz CT molecular complexity index is 353. The van der Waals surface area contributed by atoms with Crippen molar-refractivity contribution in [2.75, 3.05) is 5.32 Å². The molecule has 1 aliphatic rings. The fourth-order valence-electron chi connectivity index (χ4n) is 2.13. The molecule has 2 rings (SSSR count). The monoisotopic (exact) mass is 218 g/mol. The standard InChI is InChI=1S/C13H18N2O/c1-10-7-8-12(14-9-10)15-13(16)11-5-3-2-4-6-11/h7-9,11H,2-6H2,1H3,(H,14,15,16). The summed E-state index contributed by atoms with van der Waals surface area (Å²) in [6.45, 7) is 1.99. The van der Waals surface area contributed by atoms with Crippen LogP contribution in [0.5, 0.6) is 0 Å². The Hall–Kier alpha value is -1.38. The van der Waals surface area contributed by atoms with E-state index in [2.05, 4.69) is 10.3 Å². The van der Waals surface area contributed by atoms with E-state index in [0.29, 0.717) is 5.82 Å². The predicted molar refractivity (Wildman–Crippen MR) is 64.2 cm³/mol. The van der Waals surface area contributed by atoms with E-state index in [1.54, 1.807) is 6.20 Å². The minimum Gasteiger partial charge on any atom is -0.310 e. The first kappa shape index (κ1) is 11.1. The molecule has 0 aromatic carbocycles. The maximum absolute atomic E-state index is 11.9. The van der Waals surface area contributed by atoms with Crippen LogP contribution < -0.4 is 5.32 Å². The molecule has 0 spiro atoms. The molecule has 1 N–H and O–H groups in total. The number of nitrogens with one attached hydrogen (secondary N) is 1. The normalized spacial score (nSPS) is 17.1. The lowest BCUT2D eigenvalue weighted by Crippen LogP contribution is -2.25. The topological polar surface area (TPSA) is 42.0 Å². The zero-order valence-corrected chi connectivity index (χ0v) is 9.70. The van der Waals surface area contributed by atoms with Crippen LogP contribution in [0.4, 0.5) is 5.82 Å². The van der Waals surface area contributed by atoms with Crippen molar-refractivity contribution in [3.63, 3.8) is 0 Å². The number of nitrogens with zero attached hydrogens (tertiary/aromatic N) is 1. The molecule has 86 valence electrons. The fraction of sp³-hybridized carbons (Fsp3) is 0.538. The number of amides is 1. The summed E-state index contributed by atoms with van der Waals surface area (Å²) < 4.78 is 0. The van der Waals surface area contributed by atoms with Crippen molar-refractivity contribution in [2.24, 2.45) is 5.92 Å². The van der Waals surface area contributed by atoms with Gasteiger partial charge in [0.25, 0.3) is 0 Å². The lowest BCUT2D eigenvalue weighted by molar-refractivity contribution is -0.120. The lowest BCUT2D eigenvalue weighted by Gasteiger charge is -2.20. The van der Waals surface area contributed by atoms with Crippen LogP contribution in [0.25, 0.3) is 0 Å². The maximum atomic E-state index is 11.9. The Kier molecular flexibility index (Phi) is 3.54. The van der Waals surface area contributed by atoms with Crippen LogP contribution in [0, 0.1) is 12.8 Å². The molecular formula is C13H18N2O. The Labute approximate surface area is 96.3 Å². The Morgan fingerprint density at radius 2 is 2.06 bits per heavy atom. The Morgan fingerprint density at radius 1 is 1.31 bits per heavy atom. The number of carbonyl (C=O) groups is 1. The molecule has 0 bridgehead atoms. The van der Waals surface area contributed by atoms with Crippen LogP contribution in [-0.4, -0.2) is 10.9 Å². The number of rotatable bonds is 2. The van der Waals surface area contributed by atoms with Gasteiger partial charge in [-0.15, -0.1) is 0 Å². The molecule has 1 saturated carbocycles. The first-order valence-electron chi connectivity index (χ1n) is 5.99. The minimum atomic E-state index is 0.135. The van der Waals surface area contributed by atoms with Crippen LogP contribution >= 0.6 is 0 Å². The number of hydrogen-bond acceptors (Lipinski definition) is 2. The van der Waals surface area contributed by atoms with Crippen molar-refractivity contribution in [3.05, 3.63) is 23.9 Å². The van der Waals surface area contributed by atoms with Gasteiger partial charge in [-0.05, 0) is 31.4 Å². The van der Waals surface area contributed by atoms with Gasteiger partial charge in [0.2, 0.25) is 5.91 Å². The third kappa shape index (κ3) is 2.81. The second-order valence-corrected chi connectivity index (χ2v) is 4.54. The summed E-state index contributed by atoms with van der Waals surface area (Å²) in [6, 6.07) is 3.82. The number of aryl methyl sites for hydroxylation is 1. The second-order valence-electron chi connectivity index (χ2n) is 4.54. The average Bonchev–Trinajstić information content (AvgIpc) is 2.33. The molecule has 1 aliphatic carbocycles. The smallest absolute Gasteiger partial charge is 0.228 e. The minimum absolute atomic E-state index is 0.135. The van der Waals surface area contributed by atoms with Crippen molar-refractivity contribution < 1.29 is 4.79 Å². The van der Waals surface area contributed by atoms with Gasteiger partial charge in [-0.2, -0.15) is 0 Å². The van der Waals surface area contributed by atoms with Crippen LogP contribution in [0.2, 0.25) is 0 Å². The zero-order chi connectivity index (χ0) is 11.4. The molecule has 16 heavy (non-hydrogen) atoms. The third-order valence-corrected chi connectivity index (χ3v) is 3.14. The fourth-order valence-corrected chi connectivity index (χ4v) is 2.13. The summed E-state index contributed by atoms with van der Waals surface area (Å²) in [7, 11) is 0. The molecular weight excluding hydrogens is 200 g/mol. The van der Waals surface area contributed by atoms with Crippen LogP contribution in [0.1, 0.15) is 37.7 Å². The molecule has 1 aromatic rings. The molecule has 1 heterocycles. The highest BCUT2D eigenvalue weighted by Crippen LogP contribution is 2.24. The zero-order valence-electron chi connectivity index (χ0n) is 9.70. The van der Waals surface area contributed by atoms with E-state index in [1.165, 1.54) is 19.3 Å². The van der Waals surface area contributed by atoms with E-state index < -0.39 is 0 Å². The summed E-state index contributed by atoms with van der Waals surface area (Å²) in [5.74, 6) is 0.995. The molecule has 0 saturated heterocycles. The van der Waals surface area contributed by atoms with Gasteiger partial charge in [-0.1, -0.05) is 25.3 Å². The van der Waals surface area contributed by atoms with Crippen molar-refractivity contribution in [1.29, 1.82) is 0 Å². The van der Waals surface area contributed by atoms with Gasteiger partial charge in [0.05, 0.1) is 0 Å². The van der Waals surface area contributed by atoms with E-state index in [0.717, 1.165) is 18.4 Å². The van der Waals surface area contributed by atoms with Crippen molar-refractivity contribution >= 4 is 11.7 Å². The highest BCUT2D eigenvalue weighted by atomic mass is 16.1. The Balaban J connectivity index is 1.93. The maximum Gasteiger partial charge on any atom is 0.228 e. The average molecular weight is 218 g/mol. The van der Waals surface area contributed by atoms with Gasteiger partial charge in [0, 0.05) is 12.1 Å². The number of aromatic nitrogens is 1. The first-order valence-corrected chi connectivity index (χ1v) is 5.99. The molecule has 1 aromatic heterocycles. The van der Waals surface area contributed by atoms with E-state index in [9.17, 15) is 4.79 Å². The van der Waals surface area contributed by atoms with Gasteiger partial charge in [-0.25, -0.2) is 4.98 Å². The summed E-state index contributed by atoms with van der Waals surface area (Å²) in [5, 5.41) is 2.89. The molecule has 1 fully saturated rings. The van der Waals surface area contributed by atoms with Gasteiger partial charge in [0.1, 0.15) is 5.82 Å². The highest BCUT2D eigenvalue weighted by molar-refractivity contribution is 5.91. The lowest BCUT2D eigenvalue weighted by atomic mass is 9.89. The summed E-state index contributed by atoms with van der Waals surface area (Å²) >= 11 is 0. The molecule has 0 unspecified atom stereocenters. The molecule has 1 amide bonds. The Morgan fingerprint density at radius 3 is 2.69 bits per heavy atom. The quantitative estimate of drug-likeness (QED) is 0.829. The highest BCUT2D eigenvalue weighted by Gasteiger charge is 2.21. The number of pyridine rings is 1. The summed E-state index contributed by atoms with van der Waals surface area (Å²) in [5.41, 5.74) is 1.11. The van der Waals surface area contributed by atoms with E-state index in [-0.39, 0.29) is 11.8 Å².